The third kappa shape index (κ3) is 6.16. The molecule has 0 N–H and O–H groups in total. The van der Waals surface area contributed by atoms with E-state index in [1.165, 1.54) is 16.5 Å². The number of hydrogen-bond donors (Lipinski definition) is 0. The van der Waals surface area contributed by atoms with E-state index in [2.05, 4.69) is 4.99 Å². The van der Waals surface area contributed by atoms with Gasteiger partial charge < -0.3 is 14.0 Å². The Kier molecular flexibility index (Phi) is 8.47. The largest absolute Gasteiger partial charge is 0.491 e. The van der Waals surface area contributed by atoms with Crippen LogP contribution in [0.1, 0.15) is 29.3 Å². The number of nitrogens with zero attached hydrogens (tertiary/aromatic N) is 4. The summed E-state index contributed by atoms with van der Waals surface area (Å²) >= 11 is 12.1. The van der Waals surface area contributed by atoms with Crippen LogP contribution in [0.4, 0.5) is 0 Å². The molecule has 3 aromatic heterocycles. The van der Waals surface area contributed by atoms with E-state index >= 15 is 0 Å². The zero-order valence-corrected chi connectivity index (χ0v) is 23.4. The van der Waals surface area contributed by atoms with Crippen molar-refractivity contribution < 1.29 is 19.1 Å². The van der Waals surface area contributed by atoms with E-state index in [9.17, 15) is 14.4 Å². The van der Waals surface area contributed by atoms with Crippen molar-refractivity contribution in [1.82, 2.24) is 14.0 Å². The average Bonchev–Trinajstić information content (AvgIpc) is 2.96. The van der Waals surface area contributed by atoms with Gasteiger partial charge in [0, 0.05) is 11.2 Å². The number of carbonyl (C=O) groups is 2. The number of halogens is 2. The summed E-state index contributed by atoms with van der Waals surface area (Å²) in [7, 11) is 0. The first-order valence-corrected chi connectivity index (χ1v) is 13.5. The summed E-state index contributed by atoms with van der Waals surface area (Å²) in [5.74, 6) is -0.902. The number of aromatic nitrogens is 3. The quantitative estimate of drug-likeness (QED) is 0.184. The maximum atomic E-state index is 13.5. The van der Waals surface area contributed by atoms with Crippen LogP contribution >= 0.6 is 23.2 Å². The number of hydrogen-bond acceptors (Lipinski definition) is 6. The lowest BCUT2D eigenvalue weighted by molar-refractivity contribution is -0.118. The van der Waals surface area contributed by atoms with Crippen LogP contribution in [0.5, 0.6) is 5.75 Å². The van der Waals surface area contributed by atoms with Crippen LogP contribution in [0.3, 0.4) is 0 Å². The first-order valence-electron chi connectivity index (χ1n) is 12.8. The molecule has 0 bridgehead atoms. The molecule has 3 heterocycles. The summed E-state index contributed by atoms with van der Waals surface area (Å²) in [5.41, 5.74) is 1.15. The van der Waals surface area contributed by atoms with Gasteiger partial charge >= 0.3 is 5.97 Å². The molecule has 5 aromatic rings. The van der Waals surface area contributed by atoms with Crippen molar-refractivity contribution >= 4 is 51.8 Å². The van der Waals surface area contributed by atoms with Gasteiger partial charge in [-0.25, -0.2) is 9.78 Å². The fourth-order valence-electron chi connectivity index (χ4n) is 4.29. The first-order chi connectivity index (χ1) is 19.9. The van der Waals surface area contributed by atoms with E-state index < -0.39 is 11.9 Å². The molecule has 0 aliphatic rings. The lowest BCUT2D eigenvalue weighted by Gasteiger charge is -2.15. The van der Waals surface area contributed by atoms with Crippen molar-refractivity contribution in [2.75, 3.05) is 13.2 Å². The molecular formula is C30H24Cl2N4O5. The van der Waals surface area contributed by atoms with Crippen molar-refractivity contribution in [3.05, 3.63) is 116 Å². The van der Waals surface area contributed by atoms with Gasteiger partial charge in [-0.2, -0.15) is 4.99 Å². The molecule has 0 radical (unpaired) electrons. The van der Waals surface area contributed by atoms with E-state index in [4.69, 9.17) is 37.7 Å². The fourth-order valence-corrected chi connectivity index (χ4v) is 4.75. The van der Waals surface area contributed by atoms with Crippen molar-refractivity contribution in [2.45, 2.75) is 19.9 Å². The predicted molar refractivity (Wildman–Crippen MR) is 156 cm³/mol. The molecule has 0 spiro atoms. The molecule has 1 amide bonds. The van der Waals surface area contributed by atoms with Crippen molar-refractivity contribution in [2.24, 2.45) is 4.99 Å². The minimum absolute atomic E-state index is 0.0189. The number of pyridine rings is 2. The summed E-state index contributed by atoms with van der Waals surface area (Å²) in [4.78, 5) is 48.8. The third-order valence-electron chi connectivity index (χ3n) is 6.17. The summed E-state index contributed by atoms with van der Waals surface area (Å²) in [6.07, 6.45) is 1.49. The minimum atomic E-state index is -0.718. The Labute approximate surface area is 244 Å². The van der Waals surface area contributed by atoms with Gasteiger partial charge in [-0.05, 0) is 48.9 Å². The molecule has 0 atom stereocenters. The SMILES string of the molecule is CCOC(=O)c1cc2c(=O)n3ccccc3nc2n(Cc2ccccc2)c1=NC(=O)CCOc1ccc(Cl)cc1Cl. The van der Waals surface area contributed by atoms with Crippen LogP contribution in [0, 0.1) is 0 Å². The molecule has 2 aromatic carbocycles. The molecule has 208 valence electrons. The second kappa shape index (κ2) is 12.4. The van der Waals surface area contributed by atoms with Gasteiger partial charge in [-0.1, -0.05) is 59.6 Å². The van der Waals surface area contributed by atoms with Crippen LogP contribution in [0.25, 0.3) is 16.7 Å². The van der Waals surface area contributed by atoms with Gasteiger partial charge in [0.25, 0.3) is 11.5 Å². The summed E-state index contributed by atoms with van der Waals surface area (Å²) in [5, 5.41) is 0.950. The van der Waals surface area contributed by atoms with E-state index in [1.807, 2.05) is 30.3 Å². The number of carbonyl (C=O) groups excluding carboxylic acids is 2. The third-order valence-corrected chi connectivity index (χ3v) is 6.70. The Morgan fingerprint density at radius 3 is 2.54 bits per heavy atom. The number of benzene rings is 2. The number of fused-ring (bicyclic) bond motifs is 2. The lowest BCUT2D eigenvalue weighted by atomic mass is 10.1. The number of ether oxygens (including phenoxy) is 2. The van der Waals surface area contributed by atoms with Crippen LogP contribution in [0.15, 0.2) is 88.8 Å². The van der Waals surface area contributed by atoms with Gasteiger partial charge in [0.05, 0.1) is 36.6 Å². The first kappa shape index (κ1) is 28.1. The monoisotopic (exact) mass is 590 g/mol. The van der Waals surface area contributed by atoms with Crippen LogP contribution in [-0.2, 0) is 16.1 Å². The van der Waals surface area contributed by atoms with Gasteiger partial charge in [0.1, 0.15) is 22.6 Å². The maximum Gasteiger partial charge on any atom is 0.341 e. The Morgan fingerprint density at radius 2 is 1.78 bits per heavy atom. The van der Waals surface area contributed by atoms with Gasteiger partial charge in [-0.3, -0.25) is 14.0 Å². The smallest absolute Gasteiger partial charge is 0.341 e. The highest BCUT2D eigenvalue weighted by Gasteiger charge is 2.20. The Hall–Kier alpha value is -4.47. The predicted octanol–water partition coefficient (Wildman–Crippen LogP) is 5.08. The van der Waals surface area contributed by atoms with Crippen molar-refractivity contribution in [1.29, 1.82) is 0 Å². The van der Waals surface area contributed by atoms with Gasteiger partial charge in [-0.15, -0.1) is 0 Å². The van der Waals surface area contributed by atoms with Gasteiger partial charge in [0.2, 0.25) is 0 Å². The van der Waals surface area contributed by atoms with E-state index in [-0.39, 0.29) is 53.8 Å². The number of esters is 1. The summed E-state index contributed by atoms with van der Waals surface area (Å²) in [6.45, 7) is 1.92. The Balaban J connectivity index is 1.66. The topological polar surface area (TPSA) is 104 Å². The van der Waals surface area contributed by atoms with E-state index in [1.54, 1.807) is 48.0 Å². The Morgan fingerprint density at radius 1 is 1.00 bits per heavy atom. The van der Waals surface area contributed by atoms with E-state index in [0.717, 1.165) is 5.56 Å². The zero-order valence-electron chi connectivity index (χ0n) is 21.9. The Bertz CT molecular complexity index is 1900. The maximum absolute atomic E-state index is 13.5. The molecule has 0 unspecified atom stereocenters. The molecule has 41 heavy (non-hydrogen) atoms. The molecule has 9 nitrogen and oxygen atoms in total. The highest BCUT2D eigenvalue weighted by molar-refractivity contribution is 6.35. The molecular weight excluding hydrogens is 567 g/mol. The second-order valence-corrected chi connectivity index (χ2v) is 9.78. The number of amides is 1. The highest BCUT2D eigenvalue weighted by Crippen LogP contribution is 2.27. The molecule has 0 aliphatic carbocycles. The molecule has 0 saturated carbocycles. The molecule has 11 heteroatoms. The van der Waals surface area contributed by atoms with Crippen LogP contribution in [-0.4, -0.2) is 39.0 Å². The minimum Gasteiger partial charge on any atom is -0.491 e. The molecule has 0 fully saturated rings. The second-order valence-electron chi connectivity index (χ2n) is 8.94. The molecule has 0 saturated heterocycles. The average molecular weight is 591 g/mol. The standard InChI is InChI=1S/C30H24Cl2N4O5/c1-2-40-30(39)22-17-21-27(33-25-10-6-7-14-35(25)29(21)38)36(18-19-8-4-3-5-9-19)28(22)34-26(37)13-15-41-24-12-11-20(31)16-23(24)32/h3-12,14,16-17H,2,13,15,18H2,1H3. The van der Waals surface area contributed by atoms with E-state index in [0.29, 0.717) is 21.4 Å². The van der Waals surface area contributed by atoms with Crippen LogP contribution in [0.2, 0.25) is 10.0 Å². The van der Waals surface area contributed by atoms with Crippen molar-refractivity contribution in [3.63, 3.8) is 0 Å². The fraction of sp³-hybridized carbons (Fsp3) is 0.167. The zero-order chi connectivity index (χ0) is 28.9. The molecule has 5 rings (SSSR count). The molecule has 0 aliphatic heterocycles. The highest BCUT2D eigenvalue weighted by atomic mass is 35.5. The summed E-state index contributed by atoms with van der Waals surface area (Å²) < 4.78 is 13.9. The van der Waals surface area contributed by atoms with Crippen LogP contribution < -0.4 is 15.8 Å². The van der Waals surface area contributed by atoms with Crippen molar-refractivity contribution in [3.8, 4) is 5.75 Å². The number of rotatable bonds is 8. The van der Waals surface area contributed by atoms with Gasteiger partial charge in [0.15, 0.2) is 5.49 Å². The normalized spacial score (nSPS) is 11.6. The lowest BCUT2D eigenvalue weighted by Crippen LogP contribution is -2.33. The summed E-state index contributed by atoms with van der Waals surface area (Å²) in [6, 6.07) is 20.7.